The molecule has 0 aliphatic carbocycles. The molecular formula is C9H14N4. The molecule has 70 valence electrons. The van der Waals surface area contributed by atoms with Crippen LogP contribution in [-0.2, 0) is 0 Å². The topological polar surface area (TPSA) is 55.0 Å². The lowest BCUT2D eigenvalue weighted by atomic mass is 10.2. The molecule has 0 aromatic carbocycles. The molecule has 1 aliphatic heterocycles. The summed E-state index contributed by atoms with van der Waals surface area (Å²) in [5.41, 5.74) is 5.75. The molecule has 1 aliphatic rings. The van der Waals surface area contributed by atoms with Crippen molar-refractivity contribution in [1.29, 1.82) is 0 Å². The molecule has 1 aromatic heterocycles. The highest BCUT2D eigenvalue weighted by molar-refractivity contribution is 5.58. The third kappa shape index (κ3) is 1.43. The lowest BCUT2D eigenvalue weighted by molar-refractivity contribution is 0.726. The van der Waals surface area contributed by atoms with E-state index in [9.17, 15) is 0 Å². The van der Waals surface area contributed by atoms with E-state index in [1.807, 2.05) is 0 Å². The van der Waals surface area contributed by atoms with E-state index in [2.05, 4.69) is 21.8 Å². The van der Waals surface area contributed by atoms with Crippen LogP contribution in [0.4, 0.5) is 11.6 Å². The van der Waals surface area contributed by atoms with Gasteiger partial charge >= 0.3 is 0 Å². The average molecular weight is 178 g/mol. The maximum absolute atomic E-state index is 5.75. The second-order valence-corrected chi connectivity index (χ2v) is 3.45. The average Bonchev–Trinajstić information content (AvgIpc) is 2.52. The Kier molecular flexibility index (Phi) is 2.04. The fraction of sp³-hybridized carbons (Fsp3) is 0.556. The fourth-order valence-corrected chi connectivity index (χ4v) is 1.81. The Bertz CT molecular complexity index is 299. The molecule has 0 saturated carbocycles. The first-order chi connectivity index (χ1) is 6.29. The van der Waals surface area contributed by atoms with Crippen molar-refractivity contribution in [2.24, 2.45) is 0 Å². The summed E-state index contributed by atoms with van der Waals surface area (Å²) in [4.78, 5) is 10.5. The van der Waals surface area contributed by atoms with Gasteiger partial charge in [0.1, 0.15) is 0 Å². The van der Waals surface area contributed by atoms with Crippen LogP contribution < -0.4 is 10.6 Å². The number of nitrogens with two attached hydrogens (primary N) is 1. The van der Waals surface area contributed by atoms with Gasteiger partial charge in [-0.1, -0.05) is 0 Å². The SMILES string of the molecule is CC1CCCN1c1nccnc1N. The predicted molar refractivity (Wildman–Crippen MR) is 52.5 cm³/mol. The normalized spacial score (nSPS) is 22.2. The number of rotatable bonds is 1. The van der Waals surface area contributed by atoms with Gasteiger partial charge in [0.2, 0.25) is 0 Å². The van der Waals surface area contributed by atoms with E-state index in [1.165, 1.54) is 12.8 Å². The number of aromatic nitrogens is 2. The molecule has 1 atom stereocenters. The Morgan fingerprint density at radius 1 is 1.46 bits per heavy atom. The van der Waals surface area contributed by atoms with Crippen molar-refractivity contribution in [3.05, 3.63) is 12.4 Å². The van der Waals surface area contributed by atoms with Gasteiger partial charge in [-0.2, -0.15) is 0 Å². The Balaban J connectivity index is 2.29. The van der Waals surface area contributed by atoms with Crippen LogP contribution in [0.25, 0.3) is 0 Å². The highest BCUT2D eigenvalue weighted by Gasteiger charge is 2.23. The minimum Gasteiger partial charge on any atom is -0.381 e. The zero-order valence-corrected chi connectivity index (χ0v) is 7.77. The summed E-state index contributed by atoms with van der Waals surface area (Å²) >= 11 is 0. The van der Waals surface area contributed by atoms with Gasteiger partial charge in [-0.3, -0.25) is 0 Å². The van der Waals surface area contributed by atoms with E-state index in [1.54, 1.807) is 12.4 Å². The van der Waals surface area contributed by atoms with Crippen LogP contribution in [0.5, 0.6) is 0 Å². The largest absolute Gasteiger partial charge is 0.381 e. The van der Waals surface area contributed by atoms with Crippen molar-refractivity contribution in [2.75, 3.05) is 17.2 Å². The highest BCUT2D eigenvalue weighted by Crippen LogP contribution is 2.26. The molecule has 0 amide bonds. The van der Waals surface area contributed by atoms with E-state index in [0.29, 0.717) is 11.9 Å². The fourth-order valence-electron chi connectivity index (χ4n) is 1.81. The summed E-state index contributed by atoms with van der Waals surface area (Å²) in [6, 6.07) is 0.541. The van der Waals surface area contributed by atoms with Crippen molar-refractivity contribution in [1.82, 2.24) is 9.97 Å². The van der Waals surface area contributed by atoms with Gasteiger partial charge in [0, 0.05) is 25.0 Å². The molecule has 2 N–H and O–H groups in total. The first kappa shape index (κ1) is 8.29. The number of nitrogen functional groups attached to an aromatic ring is 1. The number of hydrogen-bond donors (Lipinski definition) is 1. The van der Waals surface area contributed by atoms with Gasteiger partial charge in [0.15, 0.2) is 11.6 Å². The molecule has 1 saturated heterocycles. The third-order valence-electron chi connectivity index (χ3n) is 2.53. The number of anilines is 2. The van der Waals surface area contributed by atoms with Crippen LogP contribution in [0.15, 0.2) is 12.4 Å². The molecule has 2 heterocycles. The summed E-state index contributed by atoms with van der Waals surface area (Å²) in [5.74, 6) is 1.38. The summed E-state index contributed by atoms with van der Waals surface area (Å²) in [6.07, 6.45) is 5.75. The molecular weight excluding hydrogens is 164 g/mol. The lowest BCUT2D eigenvalue weighted by Gasteiger charge is -2.22. The van der Waals surface area contributed by atoms with Crippen molar-refractivity contribution < 1.29 is 0 Å². The summed E-state index contributed by atoms with van der Waals surface area (Å²) < 4.78 is 0. The smallest absolute Gasteiger partial charge is 0.171 e. The molecule has 0 spiro atoms. The monoisotopic (exact) mass is 178 g/mol. The minimum atomic E-state index is 0.538. The first-order valence-corrected chi connectivity index (χ1v) is 4.62. The minimum absolute atomic E-state index is 0.538. The standard InChI is InChI=1S/C9H14N4/c1-7-3-2-6-13(7)9-8(10)11-4-5-12-9/h4-5,7H,2-3,6H2,1H3,(H2,10,11). The van der Waals surface area contributed by atoms with Gasteiger partial charge in [-0.05, 0) is 19.8 Å². The van der Waals surface area contributed by atoms with Gasteiger partial charge in [-0.25, -0.2) is 9.97 Å². The highest BCUT2D eigenvalue weighted by atomic mass is 15.2. The molecule has 4 nitrogen and oxygen atoms in total. The van der Waals surface area contributed by atoms with Gasteiger partial charge in [0.25, 0.3) is 0 Å². The maximum Gasteiger partial charge on any atom is 0.171 e. The van der Waals surface area contributed by atoms with E-state index in [-0.39, 0.29) is 0 Å². The van der Waals surface area contributed by atoms with Crippen molar-refractivity contribution in [3.63, 3.8) is 0 Å². The third-order valence-corrected chi connectivity index (χ3v) is 2.53. The van der Waals surface area contributed by atoms with Crippen LogP contribution in [0.3, 0.4) is 0 Å². The van der Waals surface area contributed by atoms with Gasteiger partial charge in [0.05, 0.1) is 0 Å². The molecule has 1 fully saturated rings. The van der Waals surface area contributed by atoms with Crippen molar-refractivity contribution in [3.8, 4) is 0 Å². The molecule has 13 heavy (non-hydrogen) atoms. The second-order valence-electron chi connectivity index (χ2n) is 3.45. The van der Waals surface area contributed by atoms with E-state index in [0.717, 1.165) is 12.4 Å². The van der Waals surface area contributed by atoms with Crippen LogP contribution in [0, 0.1) is 0 Å². The van der Waals surface area contributed by atoms with Crippen LogP contribution in [0.1, 0.15) is 19.8 Å². The molecule has 2 rings (SSSR count). The zero-order valence-electron chi connectivity index (χ0n) is 7.77. The van der Waals surface area contributed by atoms with Crippen LogP contribution in [0.2, 0.25) is 0 Å². The van der Waals surface area contributed by atoms with Crippen molar-refractivity contribution in [2.45, 2.75) is 25.8 Å². The molecule has 1 unspecified atom stereocenters. The Morgan fingerprint density at radius 2 is 2.23 bits per heavy atom. The summed E-state index contributed by atoms with van der Waals surface area (Å²) in [6.45, 7) is 3.24. The van der Waals surface area contributed by atoms with E-state index in [4.69, 9.17) is 5.73 Å². The van der Waals surface area contributed by atoms with Crippen LogP contribution in [-0.4, -0.2) is 22.6 Å². The Hall–Kier alpha value is -1.32. The van der Waals surface area contributed by atoms with E-state index >= 15 is 0 Å². The molecule has 0 bridgehead atoms. The number of nitrogens with zero attached hydrogens (tertiary/aromatic N) is 3. The molecule has 1 aromatic rings. The zero-order chi connectivity index (χ0) is 9.26. The van der Waals surface area contributed by atoms with Crippen molar-refractivity contribution >= 4 is 11.6 Å². The second kappa shape index (κ2) is 3.20. The predicted octanol–water partition coefficient (Wildman–Crippen LogP) is 1.05. The van der Waals surface area contributed by atoms with Gasteiger partial charge in [-0.15, -0.1) is 0 Å². The summed E-state index contributed by atoms with van der Waals surface area (Å²) in [7, 11) is 0. The quantitative estimate of drug-likeness (QED) is 0.698. The molecule has 4 heteroatoms. The van der Waals surface area contributed by atoms with Crippen LogP contribution >= 0.6 is 0 Å². The lowest BCUT2D eigenvalue weighted by Crippen LogP contribution is -2.28. The first-order valence-electron chi connectivity index (χ1n) is 4.62. The Morgan fingerprint density at radius 3 is 2.85 bits per heavy atom. The summed E-state index contributed by atoms with van der Waals surface area (Å²) in [5, 5.41) is 0. The number of hydrogen-bond acceptors (Lipinski definition) is 4. The van der Waals surface area contributed by atoms with E-state index < -0.39 is 0 Å². The van der Waals surface area contributed by atoms with Gasteiger partial charge < -0.3 is 10.6 Å². The maximum atomic E-state index is 5.75. The molecule has 0 radical (unpaired) electrons. The Labute approximate surface area is 77.8 Å².